The molecule has 0 bridgehead atoms. The molecule has 1 saturated heterocycles. The number of imidazole rings is 1. The maximum atomic E-state index is 12.6. The number of nitrogens with zero attached hydrogens (tertiary/aromatic N) is 4. The van der Waals surface area contributed by atoms with Crippen LogP contribution in [0.25, 0.3) is 0 Å². The van der Waals surface area contributed by atoms with Gasteiger partial charge in [0, 0.05) is 57.2 Å². The molecule has 1 aromatic heterocycles. The van der Waals surface area contributed by atoms with E-state index in [0.29, 0.717) is 0 Å². The minimum Gasteiger partial charge on any atom is -0.491 e. The second kappa shape index (κ2) is 8.16. The fourth-order valence-electron chi connectivity index (χ4n) is 2.98. The van der Waals surface area contributed by atoms with Crippen LogP contribution in [0.4, 0.5) is 0 Å². The lowest BCUT2D eigenvalue weighted by Crippen LogP contribution is -2.49. The van der Waals surface area contributed by atoms with E-state index in [1.54, 1.807) is 6.20 Å². The Morgan fingerprint density at radius 3 is 2.44 bits per heavy atom. The predicted molar refractivity (Wildman–Crippen MR) is 96.8 cm³/mol. The molecule has 1 aliphatic heterocycles. The van der Waals surface area contributed by atoms with E-state index in [-0.39, 0.29) is 12.0 Å². The van der Waals surface area contributed by atoms with Gasteiger partial charge < -0.3 is 14.2 Å². The van der Waals surface area contributed by atoms with E-state index in [9.17, 15) is 4.79 Å². The van der Waals surface area contributed by atoms with Gasteiger partial charge in [0.05, 0.1) is 12.4 Å². The first-order valence-electron chi connectivity index (χ1n) is 8.86. The Kier molecular flexibility index (Phi) is 5.71. The average Bonchev–Trinajstić information content (AvgIpc) is 3.13. The molecule has 0 radical (unpaired) electrons. The van der Waals surface area contributed by atoms with Crippen molar-refractivity contribution < 1.29 is 9.53 Å². The van der Waals surface area contributed by atoms with Crippen molar-refractivity contribution in [3.8, 4) is 5.75 Å². The molecule has 0 saturated carbocycles. The zero-order valence-electron chi connectivity index (χ0n) is 15.0. The molecular weight excluding hydrogens is 316 g/mol. The van der Waals surface area contributed by atoms with Gasteiger partial charge in [0.15, 0.2) is 0 Å². The summed E-state index contributed by atoms with van der Waals surface area (Å²) in [6.45, 7) is 9.27. The first-order valence-corrected chi connectivity index (χ1v) is 8.86. The van der Waals surface area contributed by atoms with Crippen LogP contribution in [0.2, 0.25) is 0 Å². The normalized spacial score (nSPS) is 15.6. The summed E-state index contributed by atoms with van der Waals surface area (Å²) in [5.41, 5.74) is 0.725. The topological polar surface area (TPSA) is 50.6 Å². The van der Waals surface area contributed by atoms with Gasteiger partial charge in [-0.15, -0.1) is 0 Å². The largest absolute Gasteiger partial charge is 0.491 e. The second-order valence-corrected chi connectivity index (χ2v) is 6.63. The summed E-state index contributed by atoms with van der Waals surface area (Å²) in [7, 11) is 0. The van der Waals surface area contributed by atoms with Gasteiger partial charge in [-0.2, -0.15) is 0 Å². The Morgan fingerprint density at radius 2 is 1.84 bits per heavy atom. The van der Waals surface area contributed by atoms with E-state index in [2.05, 4.69) is 14.5 Å². The molecule has 25 heavy (non-hydrogen) atoms. The zero-order chi connectivity index (χ0) is 17.6. The number of ether oxygens (including phenoxy) is 1. The smallest absolute Gasteiger partial charge is 0.253 e. The third-order valence-corrected chi connectivity index (χ3v) is 4.37. The van der Waals surface area contributed by atoms with Crippen LogP contribution in [-0.4, -0.2) is 64.1 Å². The molecule has 0 atom stereocenters. The molecule has 0 aliphatic carbocycles. The lowest BCUT2D eigenvalue weighted by Gasteiger charge is -2.34. The summed E-state index contributed by atoms with van der Waals surface area (Å²) in [4.78, 5) is 21.0. The van der Waals surface area contributed by atoms with Gasteiger partial charge in [0.1, 0.15) is 5.75 Å². The Labute approximate surface area is 149 Å². The SMILES string of the molecule is CC(C)Oc1ccc(C(=O)N2CCN(CCn3ccnc3)CC2)cc1. The number of carbonyl (C=O) groups is 1. The molecule has 0 N–H and O–H groups in total. The molecule has 1 aliphatic rings. The second-order valence-electron chi connectivity index (χ2n) is 6.63. The number of hydrogen-bond donors (Lipinski definition) is 0. The summed E-state index contributed by atoms with van der Waals surface area (Å²) >= 11 is 0. The van der Waals surface area contributed by atoms with Crippen molar-refractivity contribution in [3.05, 3.63) is 48.5 Å². The van der Waals surface area contributed by atoms with Crippen LogP contribution in [0.15, 0.2) is 43.0 Å². The van der Waals surface area contributed by atoms with E-state index >= 15 is 0 Å². The first kappa shape index (κ1) is 17.5. The Morgan fingerprint density at radius 1 is 1.12 bits per heavy atom. The summed E-state index contributed by atoms with van der Waals surface area (Å²) in [6.07, 6.45) is 5.75. The van der Waals surface area contributed by atoms with Crippen LogP contribution in [0.5, 0.6) is 5.75 Å². The third kappa shape index (κ3) is 4.82. The van der Waals surface area contributed by atoms with Crippen molar-refractivity contribution in [1.29, 1.82) is 0 Å². The Balaban J connectivity index is 1.47. The summed E-state index contributed by atoms with van der Waals surface area (Å²) in [5, 5.41) is 0. The predicted octanol–water partition coefficient (Wildman–Crippen LogP) is 2.13. The number of hydrogen-bond acceptors (Lipinski definition) is 4. The van der Waals surface area contributed by atoms with Gasteiger partial charge in [-0.3, -0.25) is 9.69 Å². The van der Waals surface area contributed by atoms with Crippen LogP contribution in [-0.2, 0) is 6.54 Å². The van der Waals surface area contributed by atoms with Gasteiger partial charge in [0.2, 0.25) is 0 Å². The highest BCUT2D eigenvalue weighted by molar-refractivity contribution is 5.94. The molecule has 6 nitrogen and oxygen atoms in total. The first-order chi connectivity index (χ1) is 12.1. The molecule has 0 unspecified atom stereocenters. The molecule has 2 aromatic rings. The molecule has 2 heterocycles. The van der Waals surface area contributed by atoms with Gasteiger partial charge in [-0.05, 0) is 38.1 Å². The van der Waals surface area contributed by atoms with Crippen molar-refractivity contribution in [1.82, 2.24) is 19.4 Å². The van der Waals surface area contributed by atoms with Crippen molar-refractivity contribution in [2.45, 2.75) is 26.5 Å². The molecule has 3 rings (SSSR count). The van der Waals surface area contributed by atoms with Crippen LogP contribution < -0.4 is 4.74 Å². The molecule has 1 fully saturated rings. The molecular formula is C19H26N4O2. The van der Waals surface area contributed by atoms with E-state index in [0.717, 1.165) is 50.6 Å². The van der Waals surface area contributed by atoms with Crippen molar-refractivity contribution >= 4 is 5.91 Å². The van der Waals surface area contributed by atoms with Crippen LogP contribution >= 0.6 is 0 Å². The zero-order valence-corrected chi connectivity index (χ0v) is 15.0. The van der Waals surface area contributed by atoms with Gasteiger partial charge in [-0.1, -0.05) is 0 Å². The Bertz CT molecular complexity index is 659. The van der Waals surface area contributed by atoms with Crippen LogP contribution in [0.3, 0.4) is 0 Å². The van der Waals surface area contributed by atoms with Crippen LogP contribution in [0.1, 0.15) is 24.2 Å². The summed E-state index contributed by atoms with van der Waals surface area (Å²) in [5.74, 6) is 0.904. The quantitative estimate of drug-likeness (QED) is 0.807. The molecule has 134 valence electrons. The van der Waals surface area contributed by atoms with E-state index in [4.69, 9.17) is 4.74 Å². The number of amides is 1. The van der Waals surface area contributed by atoms with E-state index < -0.39 is 0 Å². The van der Waals surface area contributed by atoms with Crippen molar-refractivity contribution in [3.63, 3.8) is 0 Å². The number of benzene rings is 1. The van der Waals surface area contributed by atoms with Gasteiger partial charge >= 0.3 is 0 Å². The number of aromatic nitrogens is 2. The fourth-order valence-corrected chi connectivity index (χ4v) is 2.98. The van der Waals surface area contributed by atoms with Crippen molar-refractivity contribution in [2.24, 2.45) is 0 Å². The third-order valence-electron chi connectivity index (χ3n) is 4.37. The molecule has 0 spiro atoms. The van der Waals surface area contributed by atoms with Gasteiger partial charge in [0.25, 0.3) is 5.91 Å². The lowest BCUT2D eigenvalue weighted by atomic mass is 10.1. The van der Waals surface area contributed by atoms with Gasteiger partial charge in [-0.25, -0.2) is 4.98 Å². The number of piperazine rings is 1. The monoisotopic (exact) mass is 342 g/mol. The lowest BCUT2D eigenvalue weighted by molar-refractivity contribution is 0.0633. The highest BCUT2D eigenvalue weighted by Crippen LogP contribution is 2.16. The molecule has 1 aromatic carbocycles. The standard InChI is InChI=1S/C19H26N4O2/c1-16(2)25-18-5-3-17(4-6-18)19(24)23-13-11-21(12-14-23)9-10-22-8-7-20-15-22/h3-8,15-16H,9-14H2,1-2H3. The molecule has 6 heteroatoms. The number of rotatable bonds is 6. The highest BCUT2D eigenvalue weighted by atomic mass is 16.5. The van der Waals surface area contributed by atoms with Crippen molar-refractivity contribution in [2.75, 3.05) is 32.7 Å². The minimum absolute atomic E-state index is 0.102. The highest BCUT2D eigenvalue weighted by Gasteiger charge is 2.21. The number of carbonyl (C=O) groups excluding carboxylic acids is 1. The fraction of sp³-hybridized carbons (Fsp3) is 0.474. The minimum atomic E-state index is 0.102. The maximum absolute atomic E-state index is 12.6. The molecule has 1 amide bonds. The van der Waals surface area contributed by atoms with Crippen LogP contribution in [0, 0.1) is 0 Å². The average molecular weight is 342 g/mol. The summed E-state index contributed by atoms with van der Waals surface area (Å²) in [6, 6.07) is 7.44. The summed E-state index contributed by atoms with van der Waals surface area (Å²) < 4.78 is 7.71. The maximum Gasteiger partial charge on any atom is 0.253 e. The Hall–Kier alpha value is -2.34. The van der Waals surface area contributed by atoms with E-state index in [1.807, 2.05) is 55.5 Å². The van der Waals surface area contributed by atoms with E-state index in [1.165, 1.54) is 0 Å².